The van der Waals surface area contributed by atoms with E-state index in [4.69, 9.17) is 0 Å². The summed E-state index contributed by atoms with van der Waals surface area (Å²) in [5, 5.41) is 0. The number of hydrogen-bond acceptors (Lipinski definition) is 3. The third kappa shape index (κ3) is 3.01. The quantitative estimate of drug-likeness (QED) is 0.382. The summed E-state index contributed by atoms with van der Waals surface area (Å²) >= 11 is 0. The van der Waals surface area contributed by atoms with Crippen LogP contribution in [0, 0.1) is 0 Å². The zero-order valence-corrected chi connectivity index (χ0v) is 8.36. The van der Waals surface area contributed by atoms with Gasteiger partial charge in [0.2, 0.25) is 0 Å². The van der Waals surface area contributed by atoms with Crippen molar-refractivity contribution in [2.45, 2.75) is 20.3 Å². The molecule has 0 aliphatic heterocycles. The molecule has 74 valence electrons. The van der Waals surface area contributed by atoms with Crippen LogP contribution in [-0.4, -0.2) is 12.4 Å². The van der Waals surface area contributed by atoms with Gasteiger partial charge in [-0.2, -0.15) is 0 Å². The number of allylic oxidation sites excluding steroid dienone is 5. The molecule has 1 aliphatic rings. The van der Waals surface area contributed by atoms with Gasteiger partial charge in [0.25, 0.3) is 6.47 Å². The Morgan fingerprint density at radius 3 is 3.14 bits per heavy atom. The third-order valence-electron chi connectivity index (χ3n) is 1.83. The molecular formula is C11H13NO2. The van der Waals surface area contributed by atoms with Gasteiger partial charge in [0.05, 0.1) is 5.70 Å². The summed E-state index contributed by atoms with van der Waals surface area (Å²) in [7, 11) is 0. The molecule has 0 saturated heterocycles. The van der Waals surface area contributed by atoms with Crippen LogP contribution in [0.2, 0.25) is 0 Å². The average Bonchev–Trinajstić information content (AvgIpc) is 2.33. The van der Waals surface area contributed by atoms with Crippen LogP contribution < -0.4 is 0 Å². The smallest absolute Gasteiger partial charge is 0.299 e. The topological polar surface area (TPSA) is 38.7 Å². The summed E-state index contributed by atoms with van der Waals surface area (Å²) < 4.78 is 4.61. The standard InChI is InChI=1S/C11H13NO2/c1-9-6-4-3-5-7-11(9)12-10(2)14-8-13/h3-4,6-8H,5H2,1-2H3. The van der Waals surface area contributed by atoms with Gasteiger partial charge in [-0.3, -0.25) is 4.79 Å². The minimum Gasteiger partial charge on any atom is -0.414 e. The second kappa shape index (κ2) is 5.17. The van der Waals surface area contributed by atoms with Crippen molar-refractivity contribution >= 4 is 12.4 Å². The predicted molar refractivity (Wildman–Crippen MR) is 55.9 cm³/mol. The van der Waals surface area contributed by atoms with E-state index in [9.17, 15) is 4.79 Å². The minimum atomic E-state index is 0.362. The van der Waals surface area contributed by atoms with E-state index >= 15 is 0 Å². The molecule has 0 aromatic heterocycles. The van der Waals surface area contributed by atoms with Gasteiger partial charge in [0.1, 0.15) is 0 Å². The van der Waals surface area contributed by atoms with Crippen LogP contribution in [-0.2, 0) is 9.53 Å². The highest BCUT2D eigenvalue weighted by molar-refractivity contribution is 5.80. The van der Waals surface area contributed by atoms with Crippen LogP contribution in [0.1, 0.15) is 20.3 Å². The van der Waals surface area contributed by atoms with Crippen LogP contribution in [0.5, 0.6) is 0 Å². The van der Waals surface area contributed by atoms with Crippen molar-refractivity contribution in [3.63, 3.8) is 0 Å². The van der Waals surface area contributed by atoms with Gasteiger partial charge < -0.3 is 4.74 Å². The van der Waals surface area contributed by atoms with E-state index < -0.39 is 0 Å². The van der Waals surface area contributed by atoms with Gasteiger partial charge in [-0.25, -0.2) is 4.99 Å². The van der Waals surface area contributed by atoms with Crippen molar-refractivity contribution in [2.24, 2.45) is 4.99 Å². The fraction of sp³-hybridized carbons (Fsp3) is 0.273. The molecule has 0 spiro atoms. The Balaban J connectivity index is 2.82. The van der Waals surface area contributed by atoms with Crippen molar-refractivity contribution in [3.8, 4) is 0 Å². The van der Waals surface area contributed by atoms with E-state index in [0.29, 0.717) is 12.4 Å². The third-order valence-corrected chi connectivity index (χ3v) is 1.83. The first-order chi connectivity index (χ1) is 6.74. The molecule has 0 amide bonds. The Morgan fingerprint density at radius 1 is 1.64 bits per heavy atom. The van der Waals surface area contributed by atoms with Gasteiger partial charge in [-0.05, 0) is 18.9 Å². The van der Waals surface area contributed by atoms with Crippen LogP contribution in [0.15, 0.2) is 40.6 Å². The summed E-state index contributed by atoms with van der Waals surface area (Å²) in [4.78, 5) is 14.2. The lowest BCUT2D eigenvalue weighted by molar-refractivity contribution is -0.121. The van der Waals surface area contributed by atoms with Gasteiger partial charge in [0.15, 0.2) is 5.90 Å². The SMILES string of the molecule is CC1=CC=CCC=C1N=C(C)OC=O. The second-order valence-corrected chi connectivity index (χ2v) is 2.95. The van der Waals surface area contributed by atoms with E-state index in [1.54, 1.807) is 6.92 Å². The molecule has 0 aromatic rings. The molecule has 1 aliphatic carbocycles. The summed E-state index contributed by atoms with van der Waals surface area (Å²) in [6, 6.07) is 0. The molecule has 0 heterocycles. The highest BCUT2D eigenvalue weighted by Gasteiger charge is 2.00. The lowest BCUT2D eigenvalue weighted by atomic mass is 10.2. The zero-order chi connectivity index (χ0) is 10.4. The van der Waals surface area contributed by atoms with Gasteiger partial charge in [-0.1, -0.05) is 24.3 Å². The number of ether oxygens (including phenoxy) is 1. The molecule has 0 radical (unpaired) electrons. The lowest BCUT2D eigenvalue weighted by Crippen LogP contribution is -1.98. The number of rotatable bonds is 2. The Kier molecular flexibility index (Phi) is 3.85. The van der Waals surface area contributed by atoms with Crippen molar-refractivity contribution in [2.75, 3.05) is 0 Å². The van der Waals surface area contributed by atoms with Crippen molar-refractivity contribution < 1.29 is 9.53 Å². The number of aliphatic imine (C=N–C) groups is 1. The van der Waals surface area contributed by atoms with Gasteiger partial charge >= 0.3 is 0 Å². The highest BCUT2D eigenvalue weighted by atomic mass is 16.5. The number of nitrogens with zero attached hydrogens (tertiary/aromatic N) is 1. The Labute approximate surface area is 83.5 Å². The molecule has 1 rings (SSSR count). The summed E-state index contributed by atoms with van der Waals surface area (Å²) in [6.07, 6.45) is 8.86. The number of carbonyl (C=O) groups excluding carboxylic acids is 1. The second-order valence-electron chi connectivity index (χ2n) is 2.95. The van der Waals surface area contributed by atoms with Crippen LogP contribution in [0.25, 0.3) is 0 Å². The Morgan fingerprint density at radius 2 is 2.43 bits per heavy atom. The molecule has 0 atom stereocenters. The summed E-state index contributed by atoms with van der Waals surface area (Å²) in [5.74, 6) is 0.362. The molecule has 0 unspecified atom stereocenters. The van der Waals surface area contributed by atoms with Crippen molar-refractivity contribution in [1.29, 1.82) is 0 Å². The summed E-state index contributed by atoms with van der Waals surface area (Å²) in [6.45, 7) is 4.01. The molecule has 0 bridgehead atoms. The number of carbonyl (C=O) groups is 1. The Bertz CT molecular complexity index is 335. The molecule has 0 saturated carbocycles. The minimum absolute atomic E-state index is 0.362. The maximum Gasteiger partial charge on any atom is 0.299 e. The van der Waals surface area contributed by atoms with Crippen LogP contribution in [0.4, 0.5) is 0 Å². The Hall–Kier alpha value is -1.64. The molecule has 3 heteroatoms. The van der Waals surface area contributed by atoms with E-state index in [1.165, 1.54) is 0 Å². The first-order valence-electron chi connectivity index (χ1n) is 4.43. The molecule has 3 nitrogen and oxygen atoms in total. The van der Waals surface area contributed by atoms with E-state index in [1.807, 2.05) is 31.2 Å². The first kappa shape index (κ1) is 10.4. The van der Waals surface area contributed by atoms with Gasteiger partial charge in [0, 0.05) is 6.92 Å². The maximum absolute atomic E-state index is 10.1. The first-order valence-corrected chi connectivity index (χ1v) is 4.43. The van der Waals surface area contributed by atoms with Gasteiger partial charge in [-0.15, -0.1) is 0 Å². The van der Waals surface area contributed by atoms with E-state index in [-0.39, 0.29) is 0 Å². The predicted octanol–water partition coefficient (Wildman–Crippen LogP) is 2.37. The largest absolute Gasteiger partial charge is 0.414 e. The van der Waals surface area contributed by atoms with Crippen molar-refractivity contribution in [1.82, 2.24) is 0 Å². The lowest BCUT2D eigenvalue weighted by Gasteiger charge is -2.01. The normalized spacial score (nSPS) is 16.9. The molecular weight excluding hydrogens is 178 g/mol. The zero-order valence-electron chi connectivity index (χ0n) is 8.36. The van der Waals surface area contributed by atoms with Crippen LogP contribution in [0.3, 0.4) is 0 Å². The van der Waals surface area contributed by atoms with E-state index in [2.05, 4.69) is 9.73 Å². The fourth-order valence-electron chi connectivity index (χ4n) is 1.12. The monoisotopic (exact) mass is 191 g/mol. The highest BCUT2D eigenvalue weighted by Crippen LogP contribution is 2.15. The number of hydrogen-bond donors (Lipinski definition) is 0. The molecule has 0 aromatic carbocycles. The van der Waals surface area contributed by atoms with Crippen LogP contribution >= 0.6 is 0 Å². The molecule has 0 fully saturated rings. The molecule has 0 N–H and O–H groups in total. The summed E-state index contributed by atoms with van der Waals surface area (Å²) in [5.41, 5.74) is 1.92. The average molecular weight is 191 g/mol. The molecule has 14 heavy (non-hydrogen) atoms. The maximum atomic E-state index is 10.1. The van der Waals surface area contributed by atoms with E-state index in [0.717, 1.165) is 17.7 Å². The van der Waals surface area contributed by atoms with Crippen molar-refractivity contribution in [3.05, 3.63) is 35.6 Å². The fourth-order valence-corrected chi connectivity index (χ4v) is 1.12.